The summed E-state index contributed by atoms with van der Waals surface area (Å²) < 4.78 is 1.92. The van der Waals surface area contributed by atoms with Crippen molar-refractivity contribution in [1.29, 1.82) is 0 Å². The molecule has 2 aliphatic rings. The molecular weight excluding hydrogens is 276 g/mol. The van der Waals surface area contributed by atoms with E-state index in [4.69, 9.17) is 0 Å². The van der Waals surface area contributed by atoms with Crippen LogP contribution in [0.4, 0.5) is 10.5 Å². The topological polar surface area (TPSA) is 59.0 Å². The van der Waals surface area contributed by atoms with Gasteiger partial charge in [-0.25, -0.2) is 4.79 Å². The second-order valence-electron chi connectivity index (χ2n) is 6.86. The summed E-state index contributed by atoms with van der Waals surface area (Å²) in [6.45, 7) is 6.82. The van der Waals surface area contributed by atoms with Crippen molar-refractivity contribution < 1.29 is 4.79 Å². The zero-order chi connectivity index (χ0) is 15.7. The van der Waals surface area contributed by atoms with Crippen molar-refractivity contribution in [3.8, 4) is 0 Å². The summed E-state index contributed by atoms with van der Waals surface area (Å²) in [5.41, 5.74) is 2.76. The molecule has 2 saturated carbocycles. The Hall–Kier alpha value is -1.52. The molecule has 2 fully saturated rings. The van der Waals surface area contributed by atoms with E-state index in [0.29, 0.717) is 12.0 Å². The average molecular weight is 304 g/mol. The molecule has 0 bridgehead atoms. The number of aryl methyl sites for hydroxylation is 2. The van der Waals surface area contributed by atoms with E-state index in [1.807, 2.05) is 18.5 Å². The standard InChI is InChI=1S/C17H28N4O/c1-4-21-12(3)16(11(2)20-21)19-17(22)18-15-10-14(15)13-8-6-5-7-9-13/h13-15H,4-10H2,1-3H3,(H2,18,19,22)/t14-,15-/m0/s1. The zero-order valence-electron chi connectivity index (χ0n) is 14.0. The molecule has 2 aliphatic carbocycles. The van der Waals surface area contributed by atoms with Crippen LogP contribution in [0.5, 0.6) is 0 Å². The average Bonchev–Trinajstić information content (AvgIpc) is 3.23. The summed E-state index contributed by atoms with van der Waals surface area (Å²) >= 11 is 0. The van der Waals surface area contributed by atoms with Crippen molar-refractivity contribution in [3.05, 3.63) is 11.4 Å². The van der Waals surface area contributed by atoms with Crippen molar-refractivity contribution >= 4 is 11.7 Å². The molecule has 1 aromatic rings. The highest BCUT2D eigenvalue weighted by Crippen LogP contribution is 2.44. The third-order valence-corrected chi connectivity index (χ3v) is 5.33. The highest BCUT2D eigenvalue weighted by molar-refractivity contribution is 5.90. The number of carbonyl (C=O) groups excluding carboxylic acids is 1. The smallest absolute Gasteiger partial charge is 0.319 e. The molecular formula is C17H28N4O. The predicted molar refractivity (Wildman–Crippen MR) is 88.0 cm³/mol. The molecule has 5 heteroatoms. The molecule has 122 valence electrons. The molecule has 0 spiro atoms. The summed E-state index contributed by atoms with van der Waals surface area (Å²) in [6.07, 6.45) is 7.99. The van der Waals surface area contributed by atoms with E-state index in [-0.39, 0.29) is 6.03 Å². The van der Waals surface area contributed by atoms with Gasteiger partial charge in [0, 0.05) is 12.6 Å². The zero-order valence-corrected chi connectivity index (χ0v) is 14.0. The van der Waals surface area contributed by atoms with Gasteiger partial charge in [-0.1, -0.05) is 32.1 Å². The molecule has 0 radical (unpaired) electrons. The Morgan fingerprint density at radius 2 is 2.00 bits per heavy atom. The summed E-state index contributed by atoms with van der Waals surface area (Å²) in [5.74, 6) is 1.55. The first-order valence-corrected chi connectivity index (χ1v) is 8.71. The Kier molecular flexibility index (Phi) is 4.41. The first-order valence-electron chi connectivity index (χ1n) is 8.71. The molecule has 2 amide bonds. The van der Waals surface area contributed by atoms with Gasteiger partial charge in [-0.05, 0) is 39.0 Å². The SMILES string of the molecule is CCn1nc(C)c(NC(=O)N[C@H]2C[C@H]2C2CCCCC2)c1C. The predicted octanol–water partition coefficient (Wildman–Crippen LogP) is 3.61. The van der Waals surface area contributed by atoms with Gasteiger partial charge in [0.25, 0.3) is 0 Å². The van der Waals surface area contributed by atoms with Crippen LogP contribution in [0.15, 0.2) is 0 Å². The third kappa shape index (κ3) is 3.13. The first kappa shape index (κ1) is 15.4. The fourth-order valence-electron chi connectivity index (χ4n) is 3.97. The summed E-state index contributed by atoms with van der Waals surface area (Å²) in [7, 11) is 0. The number of nitrogens with zero attached hydrogens (tertiary/aromatic N) is 2. The summed E-state index contributed by atoms with van der Waals surface area (Å²) in [6, 6.07) is 0.301. The largest absolute Gasteiger partial charge is 0.335 e. The maximum Gasteiger partial charge on any atom is 0.319 e. The molecule has 2 N–H and O–H groups in total. The van der Waals surface area contributed by atoms with Crippen LogP contribution in [0.25, 0.3) is 0 Å². The lowest BCUT2D eigenvalue weighted by molar-refractivity contribution is 0.249. The molecule has 1 aromatic heterocycles. The van der Waals surface area contributed by atoms with Gasteiger partial charge in [0.05, 0.1) is 17.1 Å². The number of urea groups is 1. The van der Waals surface area contributed by atoms with Gasteiger partial charge in [-0.15, -0.1) is 0 Å². The van der Waals surface area contributed by atoms with Crippen LogP contribution < -0.4 is 10.6 Å². The number of amides is 2. The Balaban J connectivity index is 1.52. The van der Waals surface area contributed by atoms with E-state index < -0.39 is 0 Å². The van der Waals surface area contributed by atoms with Gasteiger partial charge in [0.1, 0.15) is 0 Å². The third-order valence-electron chi connectivity index (χ3n) is 5.33. The van der Waals surface area contributed by atoms with E-state index in [0.717, 1.165) is 36.0 Å². The Labute approximate surface area is 132 Å². The molecule has 5 nitrogen and oxygen atoms in total. The summed E-state index contributed by atoms with van der Waals surface area (Å²) in [4.78, 5) is 12.2. The number of nitrogens with one attached hydrogen (secondary N) is 2. The van der Waals surface area contributed by atoms with Crippen molar-refractivity contribution in [2.45, 2.75) is 71.9 Å². The number of aromatic nitrogens is 2. The molecule has 0 unspecified atom stereocenters. The Bertz CT molecular complexity index is 545. The molecule has 2 atom stereocenters. The maximum absolute atomic E-state index is 12.2. The molecule has 0 aliphatic heterocycles. The van der Waals surface area contributed by atoms with Gasteiger partial charge >= 0.3 is 6.03 Å². The quantitative estimate of drug-likeness (QED) is 0.892. The maximum atomic E-state index is 12.2. The minimum absolute atomic E-state index is 0.0786. The minimum Gasteiger partial charge on any atom is -0.335 e. The van der Waals surface area contributed by atoms with Crippen molar-refractivity contribution in [2.75, 3.05) is 5.32 Å². The number of rotatable bonds is 4. The second kappa shape index (κ2) is 6.31. The van der Waals surface area contributed by atoms with E-state index in [2.05, 4.69) is 22.7 Å². The molecule has 0 saturated heterocycles. The van der Waals surface area contributed by atoms with Crippen LogP contribution in [0.3, 0.4) is 0 Å². The van der Waals surface area contributed by atoms with Gasteiger partial charge in [0.15, 0.2) is 0 Å². The fraction of sp³-hybridized carbons (Fsp3) is 0.765. The minimum atomic E-state index is -0.0786. The van der Waals surface area contributed by atoms with E-state index >= 15 is 0 Å². The highest BCUT2D eigenvalue weighted by atomic mass is 16.2. The Morgan fingerprint density at radius 3 is 2.64 bits per heavy atom. The highest BCUT2D eigenvalue weighted by Gasteiger charge is 2.43. The monoisotopic (exact) mass is 304 g/mol. The lowest BCUT2D eigenvalue weighted by Gasteiger charge is -2.21. The van der Waals surface area contributed by atoms with Gasteiger partial charge in [-0.3, -0.25) is 4.68 Å². The number of carbonyl (C=O) groups is 1. The molecule has 3 rings (SSSR count). The van der Waals surface area contributed by atoms with Crippen LogP contribution >= 0.6 is 0 Å². The van der Waals surface area contributed by atoms with Crippen molar-refractivity contribution in [2.24, 2.45) is 11.8 Å². The lowest BCUT2D eigenvalue weighted by atomic mass is 9.85. The molecule has 22 heavy (non-hydrogen) atoms. The number of hydrogen-bond acceptors (Lipinski definition) is 2. The van der Waals surface area contributed by atoms with Gasteiger partial charge in [-0.2, -0.15) is 5.10 Å². The van der Waals surface area contributed by atoms with Crippen molar-refractivity contribution in [3.63, 3.8) is 0 Å². The normalized spacial score (nSPS) is 25.0. The van der Waals surface area contributed by atoms with Gasteiger partial charge in [0.2, 0.25) is 0 Å². The fourth-order valence-corrected chi connectivity index (χ4v) is 3.97. The van der Waals surface area contributed by atoms with Gasteiger partial charge < -0.3 is 10.6 Å². The van der Waals surface area contributed by atoms with Crippen LogP contribution in [0.2, 0.25) is 0 Å². The second-order valence-corrected chi connectivity index (χ2v) is 6.86. The Morgan fingerprint density at radius 1 is 1.27 bits per heavy atom. The first-order chi connectivity index (χ1) is 10.6. The van der Waals surface area contributed by atoms with Crippen LogP contribution in [0, 0.1) is 25.7 Å². The molecule has 1 heterocycles. The van der Waals surface area contributed by atoms with Crippen LogP contribution in [-0.2, 0) is 6.54 Å². The number of anilines is 1. The van der Waals surface area contributed by atoms with Crippen LogP contribution in [0.1, 0.15) is 56.8 Å². The van der Waals surface area contributed by atoms with Crippen LogP contribution in [-0.4, -0.2) is 21.9 Å². The van der Waals surface area contributed by atoms with Crippen molar-refractivity contribution in [1.82, 2.24) is 15.1 Å². The van der Waals surface area contributed by atoms with E-state index in [1.165, 1.54) is 32.1 Å². The summed E-state index contributed by atoms with van der Waals surface area (Å²) in [5, 5.41) is 10.6. The lowest BCUT2D eigenvalue weighted by Crippen LogP contribution is -2.32. The van der Waals surface area contributed by atoms with E-state index in [9.17, 15) is 4.79 Å². The number of hydrogen-bond donors (Lipinski definition) is 2. The molecule has 0 aromatic carbocycles. The van der Waals surface area contributed by atoms with E-state index in [1.54, 1.807) is 0 Å².